The minimum Gasteiger partial charge on any atom is -0.295 e. The Balaban J connectivity index is 2.32. The van der Waals surface area contributed by atoms with E-state index in [1.54, 1.807) is 25.0 Å². The molecule has 1 aliphatic heterocycles. The van der Waals surface area contributed by atoms with Crippen LogP contribution in [0.1, 0.15) is 24.2 Å². The molecule has 0 bridgehead atoms. The number of carbonyl (C=O) groups excluding carboxylic acids is 2. The standard InChI is InChI=1S/C13H16N2O2/c1-9-8-15(14(3)13(9)17)12-6-4-5-11(7-12)10(2)16/h4-7,9H,8H2,1-3H3. The molecule has 1 unspecified atom stereocenters. The summed E-state index contributed by atoms with van der Waals surface area (Å²) in [7, 11) is 1.76. The highest BCUT2D eigenvalue weighted by molar-refractivity contribution is 5.95. The normalized spacial score (nSPS) is 19.9. The van der Waals surface area contributed by atoms with Crippen LogP contribution in [0.3, 0.4) is 0 Å². The smallest absolute Gasteiger partial charge is 0.245 e. The third kappa shape index (κ3) is 2.02. The van der Waals surface area contributed by atoms with E-state index < -0.39 is 0 Å². The first-order valence-corrected chi connectivity index (χ1v) is 5.66. The van der Waals surface area contributed by atoms with Gasteiger partial charge in [-0.3, -0.25) is 19.6 Å². The first kappa shape index (κ1) is 11.6. The molecular formula is C13H16N2O2. The average Bonchev–Trinajstić information content (AvgIpc) is 2.57. The Morgan fingerprint density at radius 3 is 2.65 bits per heavy atom. The molecule has 2 rings (SSSR count). The van der Waals surface area contributed by atoms with E-state index in [1.807, 2.05) is 30.1 Å². The van der Waals surface area contributed by atoms with Gasteiger partial charge in [0, 0.05) is 12.6 Å². The van der Waals surface area contributed by atoms with Crippen molar-refractivity contribution in [3.05, 3.63) is 29.8 Å². The number of Topliss-reactive ketones (excluding diaryl/α,β-unsaturated/α-hetero) is 1. The van der Waals surface area contributed by atoms with Crippen LogP contribution in [0.15, 0.2) is 24.3 Å². The zero-order valence-corrected chi connectivity index (χ0v) is 10.3. The number of anilines is 1. The molecule has 0 aliphatic carbocycles. The first-order valence-electron chi connectivity index (χ1n) is 5.66. The number of nitrogens with zero attached hydrogens (tertiary/aromatic N) is 2. The molecule has 1 amide bonds. The number of hydrazine groups is 1. The van der Waals surface area contributed by atoms with Crippen LogP contribution in [0.4, 0.5) is 5.69 Å². The van der Waals surface area contributed by atoms with Crippen molar-refractivity contribution in [3.63, 3.8) is 0 Å². The van der Waals surface area contributed by atoms with Gasteiger partial charge in [-0.15, -0.1) is 0 Å². The molecule has 1 aromatic carbocycles. The van der Waals surface area contributed by atoms with Crippen LogP contribution in [0.5, 0.6) is 0 Å². The molecule has 0 aromatic heterocycles. The molecule has 0 N–H and O–H groups in total. The monoisotopic (exact) mass is 232 g/mol. The van der Waals surface area contributed by atoms with Crippen LogP contribution in [-0.2, 0) is 4.79 Å². The second-order valence-electron chi connectivity index (χ2n) is 4.45. The molecule has 1 aliphatic rings. The van der Waals surface area contributed by atoms with Crippen molar-refractivity contribution in [1.82, 2.24) is 5.01 Å². The van der Waals surface area contributed by atoms with Gasteiger partial charge in [-0.25, -0.2) is 0 Å². The molecule has 90 valence electrons. The number of hydrogen-bond donors (Lipinski definition) is 0. The summed E-state index contributed by atoms with van der Waals surface area (Å²) in [5.41, 5.74) is 1.56. The van der Waals surface area contributed by atoms with E-state index in [4.69, 9.17) is 0 Å². The van der Waals surface area contributed by atoms with E-state index in [-0.39, 0.29) is 17.6 Å². The average molecular weight is 232 g/mol. The topological polar surface area (TPSA) is 40.6 Å². The van der Waals surface area contributed by atoms with Crippen LogP contribution in [0.25, 0.3) is 0 Å². The molecule has 1 heterocycles. The number of rotatable bonds is 2. The lowest BCUT2D eigenvalue weighted by Crippen LogP contribution is -2.35. The fourth-order valence-electron chi connectivity index (χ4n) is 2.06. The lowest BCUT2D eigenvalue weighted by Gasteiger charge is -2.26. The Kier molecular flexibility index (Phi) is 2.88. The number of amides is 1. The summed E-state index contributed by atoms with van der Waals surface area (Å²) in [5.74, 6) is 0.146. The minimum atomic E-state index is 0.000911. The first-order chi connectivity index (χ1) is 8.00. The zero-order valence-electron chi connectivity index (χ0n) is 10.3. The van der Waals surface area contributed by atoms with Crippen molar-refractivity contribution < 1.29 is 9.59 Å². The predicted octanol–water partition coefficient (Wildman–Crippen LogP) is 1.72. The summed E-state index contributed by atoms with van der Waals surface area (Å²) >= 11 is 0. The van der Waals surface area contributed by atoms with Crippen molar-refractivity contribution in [2.45, 2.75) is 13.8 Å². The Labute approximate surface area is 101 Å². The molecule has 1 fully saturated rings. The molecule has 0 radical (unpaired) electrons. The van der Waals surface area contributed by atoms with Crippen LogP contribution in [0.2, 0.25) is 0 Å². The van der Waals surface area contributed by atoms with E-state index in [2.05, 4.69) is 0 Å². The lowest BCUT2D eigenvalue weighted by atomic mass is 10.1. The summed E-state index contributed by atoms with van der Waals surface area (Å²) in [6.45, 7) is 4.12. The van der Waals surface area contributed by atoms with E-state index in [0.717, 1.165) is 5.69 Å². The van der Waals surface area contributed by atoms with E-state index in [9.17, 15) is 9.59 Å². The maximum atomic E-state index is 11.7. The lowest BCUT2D eigenvalue weighted by molar-refractivity contribution is -0.129. The van der Waals surface area contributed by atoms with Crippen molar-refractivity contribution in [1.29, 1.82) is 0 Å². The largest absolute Gasteiger partial charge is 0.295 e. The number of hydrogen-bond acceptors (Lipinski definition) is 3. The molecule has 4 nitrogen and oxygen atoms in total. The minimum absolute atomic E-state index is 0.000911. The third-order valence-electron chi connectivity index (χ3n) is 3.10. The summed E-state index contributed by atoms with van der Waals surface area (Å²) in [4.78, 5) is 23.0. The number of carbonyl (C=O) groups is 2. The van der Waals surface area contributed by atoms with Gasteiger partial charge in [0.05, 0.1) is 18.2 Å². The third-order valence-corrected chi connectivity index (χ3v) is 3.10. The van der Waals surface area contributed by atoms with E-state index in [0.29, 0.717) is 12.1 Å². The highest BCUT2D eigenvalue weighted by atomic mass is 16.2. The van der Waals surface area contributed by atoms with E-state index in [1.165, 1.54) is 0 Å². The van der Waals surface area contributed by atoms with Gasteiger partial charge in [-0.1, -0.05) is 19.1 Å². The maximum absolute atomic E-state index is 11.7. The van der Waals surface area contributed by atoms with Crippen molar-refractivity contribution in [3.8, 4) is 0 Å². The summed E-state index contributed by atoms with van der Waals surface area (Å²) < 4.78 is 0. The second-order valence-corrected chi connectivity index (χ2v) is 4.45. The van der Waals surface area contributed by atoms with Gasteiger partial charge < -0.3 is 0 Å². The zero-order chi connectivity index (χ0) is 12.6. The molecular weight excluding hydrogens is 216 g/mol. The molecule has 0 spiro atoms. The second kappa shape index (κ2) is 4.20. The van der Waals surface area contributed by atoms with Gasteiger partial charge in [0.2, 0.25) is 5.91 Å². The predicted molar refractivity (Wildman–Crippen MR) is 65.7 cm³/mol. The Morgan fingerprint density at radius 2 is 2.12 bits per heavy atom. The van der Waals surface area contributed by atoms with Gasteiger partial charge in [0.1, 0.15) is 0 Å². The summed E-state index contributed by atoms with van der Waals surface area (Å²) in [6, 6.07) is 7.36. The van der Waals surface area contributed by atoms with Crippen LogP contribution >= 0.6 is 0 Å². The SMILES string of the molecule is CC(=O)c1cccc(N2CC(C)C(=O)N2C)c1. The number of ketones is 1. The molecule has 4 heteroatoms. The molecule has 1 atom stereocenters. The summed E-state index contributed by atoms with van der Waals surface area (Å²) in [5, 5.41) is 3.52. The van der Waals surface area contributed by atoms with Crippen LogP contribution in [0, 0.1) is 5.92 Å². The van der Waals surface area contributed by atoms with Crippen molar-refractivity contribution >= 4 is 17.4 Å². The van der Waals surface area contributed by atoms with Gasteiger partial charge in [0.15, 0.2) is 5.78 Å². The van der Waals surface area contributed by atoms with Gasteiger partial charge >= 0.3 is 0 Å². The molecule has 0 saturated carbocycles. The van der Waals surface area contributed by atoms with Gasteiger partial charge in [-0.05, 0) is 19.1 Å². The van der Waals surface area contributed by atoms with Crippen LogP contribution < -0.4 is 5.01 Å². The van der Waals surface area contributed by atoms with Gasteiger partial charge in [-0.2, -0.15) is 0 Å². The number of benzene rings is 1. The maximum Gasteiger partial charge on any atom is 0.245 e. The highest BCUT2D eigenvalue weighted by Gasteiger charge is 2.32. The van der Waals surface area contributed by atoms with E-state index >= 15 is 0 Å². The fraction of sp³-hybridized carbons (Fsp3) is 0.385. The van der Waals surface area contributed by atoms with Crippen molar-refractivity contribution in [2.24, 2.45) is 5.92 Å². The van der Waals surface area contributed by atoms with Crippen molar-refractivity contribution in [2.75, 3.05) is 18.6 Å². The Morgan fingerprint density at radius 1 is 1.41 bits per heavy atom. The Bertz CT molecular complexity index is 470. The Hall–Kier alpha value is -1.84. The quantitative estimate of drug-likeness (QED) is 0.729. The highest BCUT2D eigenvalue weighted by Crippen LogP contribution is 2.25. The summed E-state index contributed by atoms with van der Waals surface area (Å²) in [6.07, 6.45) is 0. The fourth-order valence-corrected chi connectivity index (χ4v) is 2.06. The molecule has 17 heavy (non-hydrogen) atoms. The van der Waals surface area contributed by atoms with Crippen LogP contribution in [-0.4, -0.2) is 30.3 Å². The van der Waals surface area contributed by atoms with Gasteiger partial charge in [0.25, 0.3) is 0 Å². The molecule has 1 saturated heterocycles. The molecule has 1 aromatic rings.